The van der Waals surface area contributed by atoms with Crippen LogP contribution in [0.3, 0.4) is 0 Å². The van der Waals surface area contributed by atoms with Gasteiger partial charge in [-0.3, -0.25) is 0 Å². The van der Waals surface area contributed by atoms with E-state index in [-0.39, 0.29) is 11.9 Å². The maximum Gasteiger partial charge on any atom is 0.169 e. The molecule has 0 aliphatic carbocycles. The second kappa shape index (κ2) is 7.92. The molecule has 3 aromatic rings. The fraction of sp³-hybridized carbons (Fsp3) is 0.227. The van der Waals surface area contributed by atoms with Crippen molar-refractivity contribution in [2.24, 2.45) is 0 Å². The van der Waals surface area contributed by atoms with E-state index >= 15 is 0 Å². The van der Waals surface area contributed by atoms with Gasteiger partial charge in [-0.05, 0) is 42.4 Å². The highest BCUT2D eigenvalue weighted by molar-refractivity contribution is 7.80. The van der Waals surface area contributed by atoms with E-state index in [1.54, 1.807) is 6.07 Å². The third-order valence-corrected chi connectivity index (χ3v) is 5.41. The van der Waals surface area contributed by atoms with Crippen LogP contribution in [-0.4, -0.2) is 27.7 Å². The number of aromatic nitrogens is 1. The topological polar surface area (TPSA) is 20.2 Å². The molecule has 1 aromatic heterocycles. The number of halogens is 1. The second-order valence-electron chi connectivity index (χ2n) is 6.71. The smallest absolute Gasteiger partial charge is 0.169 e. The first-order chi connectivity index (χ1) is 13.2. The van der Waals surface area contributed by atoms with E-state index in [2.05, 4.69) is 33.0 Å². The van der Waals surface area contributed by atoms with E-state index in [4.69, 9.17) is 12.2 Å². The van der Waals surface area contributed by atoms with Crippen LogP contribution in [0.25, 0.3) is 0 Å². The molecule has 0 saturated carbocycles. The molecule has 2 heterocycles. The lowest BCUT2D eigenvalue weighted by Gasteiger charge is -2.39. The summed E-state index contributed by atoms with van der Waals surface area (Å²) in [6.07, 6.45) is 2.95. The number of fused-ring (bicyclic) bond motifs is 1. The molecule has 0 amide bonds. The van der Waals surface area contributed by atoms with Gasteiger partial charge < -0.3 is 14.8 Å². The molecule has 1 N–H and O–H groups in total. The van der Waals surface area contributed by atoms with Crippen molar-refractivity contribution in [3.8, 4) is 0 Å². The van der Waals surface area contributed by atoms with Crippen LogP contribution in [0, 0.1) is 5.82 Å². The molecule has 0 unspecified atom stereocenters. The van der Waals surface area contributed by atoms with Crippen LogP contribution in [0.2, 0.25) is 0 Å². The van der Waals surface area contributed by atoms with E-state index in [1.807, 2.05) is 42.6 Å². The summed E-state index contributed by atoms with van der Waals surface area (Å²) < 4.78 is 16.8. The molecular weight excluding hydrogens is 357 g/mol. The Bertz CT molecular complexity index is 922. The third kappa shape index (κ3) is 3.74. The number of thiocarbonyl (C=S) groups is 1. The Morgan fingerprint density at radius 2 is 1.78 bits per heavy atom. The monoisotopic (exact) mass is 379 g/mol. The number of nitrogens with zero attached hydrogens (tertiary/aromatic N) is 2. The fourth-order valence-electron chi connectivity index (χ4n) is 3.69. The third-order valence-electron chi connectivity index (χ3n) is 5.03. The standard InChI is InChI=1S/C22H22FN3S/c23-19-10-5-4-9-18(19)21-20-11-6-14-25(20)15-16-26(21)22(27)24-13-12-17-7-2-1-3-8-17/h1-11,14,21H,12-13,15-16H2,(H,24,27)/t21-/m0/s1. The van der Waals surface area contributed by atoms with Crippen molar-refractivity contribution in [1.82, 2.24) is 14.8 Å². The molecule has 1 aliphatic rings. The number of nitrogens with one attached hydrogen (secondary N) is 1. The summed E-state index contributed by atoms with van der Waals surface area (Å²) in [5.74, 6) is -0.200. The maximum atomic E-state index is 14.6. The van der Waals surface area contributed by atoms with Gasteiger partial charge in [0.05, 0.1) is 6.04 Å². The minimum absolute atomic E-state index is 0.200. The van der Waals surface area contributed by atoms with E-state index in [0.717, 1.165) is 31.7 Å². The quantitative estimate of drug-likeness (QED) is 0.688. The van der Waals surface area contributed by atoms with Gasteiger partial charge in [0.1, 0.15) is 5.82 Å². The Morgan fingerprint density at radius 1 is 1.00 bits per heavy atom. The summed E-state index contributed by atoms with van der Waals surface area (Å²) in [5, 5.41) is 4.04. The Labute approximate surface area is 164 Å². The van der Waals surface area contributed by atoms with Crippen LogP contribution in [0.4, 0.5) is 4.39 Å². The Morgan fingerprint density at radius 3 is 2.59 bits per heavy atom. The highest BCUT2D eigenvalue weighted by atomic mass is 32.1. The molecule has 0 spiro atoms. The van der Waals surface area contributed by atoms with Crippen LogP contribution in [-0.2, 0) is 13.0 Å². The molecule has 1 aliphatic heterocycles. The molecule has 0 fully saturated rings. The lowest BCUT2D eigenvalue weighted by Crippen LogP contribution is -2.47. The zero-order chi connectivity index (χ0) is 18.6. The van der Waals surface area contributed by atoms with E-state index in [0.29, 0.717) is 10.7 Å². The predicted molar refractivity (Wildman–Crippen MR) is 110 cm³/mol. The van der Waals surface area contributed by atoms with Gasteiger partial charge in [0.15, 0.2) is 5.11 Å². The van der Waals surface area contributed by atoms with Gasteiger partial charge in [0, 0.05) is 37.1 Å². The molecule has 3 nitrogen and oxygen atoms in total. The number of hydrogen-bond donors (Lipinski definition) is 1. The summed E-state index contributed by atoms with van der Waals surface area (Å²) in [6.45, 7) is 2.34. The van der Waals surface area contributed by atoms with Crippen molar-refractivity contribution in [2.75, 3.05) is 13.1 Å². The first-order valence-electron chi connectivity index (χ1n) is 9.22. The molecule has 1 atom stereocenters. The lowest BCUT2D eigenvalue weighted by molar-refractivity contribution is 0.281. The average Bonchev–Trinajstić information content (AvgIpc) is 3.17. The Kier molecular flexibility index (Phi) is 5.21. The number of benzene rings is 2. The Hall–Kier alpha value is -2.66. The van der Waals surface area contributed by atoms with Crippen LogP contribution in [0.15, 0.2) is 72.9 Å². The minimum Gasteiger partial charge on any atom is -0.362 e. The maximum absolute atomic E-state index is 14.6. The molecule has 4 rings (SSSR count). The van der Waals surface area contributed by atoms with Crippen LogP contribution in [0.5, 0.6) is 0 Å². The molecule has 0 saturated heterocycles. The lowest BCUT2D eigenvalue weighted by atomic mass is 10.00. The Balaban J connectivity index is 1.53. The van der Waals surface area contributed by atoms with Gasteiger partial charge in [-0.25, -0.2) is 4.39 Å². The molecule has 138 valence electrons. The van der Waals surface area contributed by atoms with Gasteiger partial charge in [-0.15, -0.1) is 0 Å². The van der Waals surface area contributed by atoms with Crippen molar-refractivity contribution in [3.63, 3.8) is 0 Å². The van der Waals surface area contributed by atoms with Crippen molar-refractivity contribution in [2.45, 2.75) is 19.0 Å². The van der Waals surface area contributed by atoms with Gasteiger partial charge in [-0.2, -0.15) is 0 Å². The summed E-state index contributed by atoms with van der Waals surface area (Å²) in [6, 6.07) is 21.1. The molecule has 0 radical (unpaired) electrons. The summed E-state index contributed by atoms with van der Waals surface area (Å²) in [4.78, 5) is 2.11. The van der Waals surface area contributed by atoms with Crippen LogP contribution < -0.4 is 5.32 Å². The summed E-state index contributed by atoms with van der Waals surface area (Å²) in [7, 11) is 0. The molecular formula is C22H22FN3S. The van der Waals surface area contributed by atoms with Gasteiger partial charge in [0.2, 0.25) is 0 Å². The molecule has 0 bridgehead atoms. The fourth-order valence-corrected chi connectivity index (χ4v) is 3.99. The molecule has 27 heavy (non-hydrogen) atoms. The van der Waals surface area contributed by atoms with Crippen molar-refractivity contribution in [1.29, 1.82) is 0 Å². The van der Waals surface area contributed by atoms with Crippen LogP contribution in [0.1, 0.15) is 22.9 Å². The number of hydrogen-bond acceptors (Lipinski definition) is 1. The first-order valence-corrected chi connectivity index (χ1v) is 9.63. The minimum atomic E-state index is -0.216. The van der Waals surface area contributed by atoms with E-state index in [1.165, 1.54) is 11.6 Å². The zero-order valence-electron chi connectivity index (χ0n) is 15.0. The average molecular weight is 380 g/mol. The van der Waals surface area contributed by atoms with Gasteiger partial charge in [0.25, 0.3) is 0 Å². The largest absolute Gasteiger partial charge is 0.362 e. The summed E-state index contributed by atoms with van der Waals surface area (Å²) >= 11 is 5.70. The summed E-state index contributed by atoms with van der Waals surface area (Å²) in [5.41, 5.74) is 2.99. The molecule has 5 heteroatoms. The van der Waals surface area contributed by atoms with Gasteiger partial charge in [-0.1, -0.05) is 48.5 Å². The van der Waals surface area contributed by atoms with Crippen molar-refractivity contribution < 1.29 is 4.39 Å². The highest BCUT2D eigenvalue weighted by Crippen LogP contribution is 2.33. The van der Waals surface area contributed by atoms with Crippen molar-refractivity contribution in [3.05, 3.63) is 95.6 Å². The number of rotatable bonds is 4. The van der Waals surface area contributed by atoms with Gasteiger partial charge >= 0.3 is 0 Å². The van der Waals surface area contributed by atoms with Crippen LogP contribution >= 0.6 is 12.2 Å². The second-order valence-corrected chi connectivity index (χ2v) is 7.10. The predicted octanol–water partition coefficient (Wildman–Crippen LogP) is 4.15. The normalized spacial score (nSPS) is 16.0. The highest BCUT2D eigenvalue weighted by Gasteiger charge is 2.31. The molecule has 2 aromatic carbocycles. The zero-order valence-corrected chi connectivity index (χ0v) is 15.8. The van der Waals surface area contributed by atoms with Crippen molar-refractivity contribution >= 4 is 17.3 Å². The SMILES string of the molecule is Fc1ccccc1[C@H]1c2cccn2CCN1C(=S)NCCc1ccccc1. The van der Waals surface area contributed by atoms with E-state index in [9.17, 15) is 4.39 Å². The first kappa shape index (κ1) is 17.7. The van der Waals surface area contributed by atoms with E-state index < -0.39 is 0 Å².